The van der Waals surface area contributed by atoms with Crippen LogP contribution in [0.5, 0.6) is 11.5 Å². The second-order valence-corrected chi connectivity index (χ2v) is 7.32. The van der Waals surface area contributed by atoms with Gasteiger partial charge >= 0.3 is 6.03 Å². The minimum Gasteiger partial charge on any atom is -0.492 e. The molecule has 2 atom stereocenters. The van der Waals surface area contributed by atoms with Crippen LogP contribution < -0.4 is 19.7 Å². The van der Waals surface area contributed by atoms with Crippen molar-refractivity contribution >= 4 is 27.6 Å². The van der Waals surface area contributed by atoms with Gasteiger partial charge in [0.25, 0.3) is 0 Å². The van der Waals surface area contributed by atoms with Gasteiger partial charge in [-0.3, -0.25) is 4.90 Å². The Morgan fingerprint density at radius 3 is 2.96 bits per heavy atom. The third-order valence-corrected chi connectivity index (χ3v) is 5.13. The van der Waals surface area contributed by atoms with Crippen LogP contribution in [0, 0.1) is 0 Å². The fourth-order valence-corrected chi connectivity index (χ4v) is 4.01. The number of carbonyl (C=O) groups is 1. The number of ether oxygens (including phenoxy) is 2. The Hall–Kier alpha value is -2.21. The SMILES string of the molecule is CCOc1ccccc1N1C(=O)NC2CC1(C)Oc1ccc(Br)cc12. The van der Waals surface area contributed by atoms with Gasteiger partial charge in [0.1, 0.15) is 11.5 Å². The maximum Gasteiger partial charge on any atom is 0.325 e. The summed E-state index contributed by atoms with van der Waals surface area (Å²) in [5.41, 5.74) is 0.933. The molecule has 1 N–H and O–H groups in total. The van der Waals surface area contributed by atoms with E-state index in [0.29, 0.717) is 24.5 Å². The van der Waals surface area contributed by atoms with Crippen molar-refractivity contribution < 1.29 is 14.3 Å². The van der Waals surface area contributed by atoms with Crippen molar-refractivity contribution in [2.45, 2.75) is 32.0 Å². The van der Waals surface area contributed by atoms with Gasteiger partial charge in [-0.2, -0.15) is 0 Å². The van der Waals surface area contributed by atoms with Crippen LogP contribution in [0.3, 0.4) is 0 Å². The van der Waals surface area contributed by atoms with Crippen molar-refractivity contribution in [1.29, 1.82) is 0 Å². The summed E-state index contributed by atoms with van der Waals surface area (Å²) in [5.74, 6) is 1.46. The van der Waals surface area contributed by atoms with Gasteiger partial charge in [-0.05, 0) is 44.2 Å². The molecule has 25 heavy (non-hydrogen) atoms. The molecule has 0 radical (unpaired) electrons. The van der Waals surface area contributed by atoms with Crippen molar-refractivity contribution in [3.63, 3.8) is 0 Å². The van der Waals surface area contributed by atoms with E-state index in [1.54, 1.807) is 4.90 Å². The third kappa shape index (κ3) is 2.65. The van der Waals surface area contributed by atoms with E-state index in [-0.39, 0.29) is 12.1 Å². The molecule has 2 aliphatic heterocycles. The maximum atomic E-state index is 12.9. The van der Waals surface area contributed by atoms with Crippen molar-refractivity contribution in [3.05, 3.63) is 52.5 Å². The van der Waals surface area contributed by atoms with Crippen LogP contribution in [0.4, 0.5) is 10.5 Å². The van der Waals surface area contributed by atoms with Crippen LogP contribution >= 0.6 is 15.9 Å². The zero-order valence-corrected chi connectivity index (χ0v) is 15.7. The van der Waals surface area contributed by atoms with E-state index in [4.69, 9.17) is 9.47 Å². The summed E-state index contributed by atoms with van der Waals surface area (Å²) in [5, 5.41) is 3.10. The molecule has 130 valence electrons. The van der Waals surface area contributed by atoms with Crippen LogP contribution in [0.25, 0.3) is 0 Å². The minimum absolute atomic E-state index is 0.0748. The van der Waals surface area contributed by atoms with E-state index >= 15 is 0 Å². The average molecular weight is 403 g/mol. The second kappa shape index (κ2) is 5.95. The number of halogens is 1. The standard InChI is InChI=1S/C19H19BrN2O3/c1-3-24-17-7-5-4-6-15(17)22-18(23)21-14-11-19(22,2)25-16-9-8-12(20)10-13(14)16/h4-10,14H,3,11H2,1-2H3,(H,21,23). The number of fused-ring (bicyclic) bond motifs is 4. The Morgan fingerprint density at radius 2 is 2.16 bits per heavy atom. The molecule has 6 heteroatoms. The molecule has 0 spiro atoms. The summed E-state index contributed by atoms with van der Waals surface area (Å²) < 4.78 is 13.0. The Kier molecular flexibility index (Phi) is 3.87. The molecule has 4 rings (SSSR count). The first-order valence-corrected chi connectivity index (χ1v) is 9.12. The van der Waals surface area contributed by atoms with Crippen LogP contribution in [-0.4, -0.2) is 18.4 Å². The topological polar surface area (TPSA) is 50.8 Å². The number of anilines is 1. The van der Waals surface area contributed by atoms with Gasteiger partial charge in [-0.15, -0.1) is 0 Å². The highest BCUT2D eigenvalue weighted by atomic mass is 79.9. The summed E-state index contributed by atoms with van der Waals surface area (Å²) in [7, 11) is 0. The largest absolute Gasteiger partial charge is 0.492 e. The molecule has 2 amide bonds. The lowest BCUT2D eigenvalue weighted by Crippen LogP contribution is -2.65. The van der Waals surface area contributed by atoms with Gasteiger partial charge < -0.3 is 14.8 Å². The fourth-order valence-electron chi connectivity index (χ4n) is 3.63. The predicted octanol–water partition coefficient (Wildman–Crippen LogP) is 4.62. The van der Waals surface area contributed by atoms with Crippen molar-refractivity contribution in [3.8, 4) is 11.5 Å². The molecule has 1 saturated heterocycles. The smallest absolute Gasteiger partial charge is 0.325 e. The number of hydrogen-bond donors (Lipinski definition) is 1. The number of amides is 2. The molecule has 0 aromatic heterocycles. The number of nitrogens with zero attached hydrogens (tertiary/aromatic N) is 1. The summed E-state index contributed by atoms with van der Waals surface area (Å²) in [6, 6.07) is 13.2. The Bertz CT molecular complexity index is 841. The Morgan fingerprint density at radius 1 is 1.36 bits per heavy atom. The molecule has 0 aliphatic carbocycles. The Balaban J connectivity index is 1.80. The summed E-state index contributed by atoms with van der Waals surface area (Å²) in [6.07, 6.45) is 0.655. The number of nitrogens with one attached hydrogen (secondary N) is 1. The van der Waals surface area contributed by atoms with Crippen LogP contribution in [0.2, 0.25) is 0 Å². The molecule has 5 nitrogen and oxygen atoms in total. The third-order valence-electron chi connectivity index (χ3n) is 4.64. The normalized spacial score (nSPS) is 24.2. The van der Waals surface area contributed by atoms with Crippen LogP contribution in [0.15, 0.2) is 46.9 Å². The molecular weight excluding hydrogens is 384 g/mol. The summed E-state index contributed by atoms with van der Waals surface area (Å²) in [4.78, 5) is 14.6. The van der Waals surface area contributed by atoms with Crippen molar-refractivity contribution in [2.75, 3.05) is 11.5 Å². The van der Waals surface area contributed by atoms with Gasteiger partial charge in [-0.1, -0.05) is 28.1 Å². The first-order valence-electron chi connectivity index (χ1n) is 8.33. The molecule has 1 fully saturated rings. The van der Waals surface area contributed by atoms with Gasteiger partial charge in [-0.25, -0.2) is 4.79 Å². The molecule has 2 aromatic rings. The minimum atomic E-state index is -0.777. The van der Waals surface area contributed by atoms with E-state index in [9.17, 15) is 4.79 Å². The summed E-state index contributed by atoms with van der Waals surface area (Å²) >= 11 is 3.49. The molecule has 0 saturated carbocycles. The van der Waals surface area contributed by atoms with Gasteiger partial charge in [0.15, 0.2) is 5.72 Å². The van der Waals surface area contributed by atoms with E-state index < -0.39 is 5.72 Å². The highest BCUT2D eigenvalue weighted by molar-refractivity contribution is 9.10. The average Bonchev–Trinajstić information content (AvgIpc) is 2.57. The number of urea groups is 1. The first-order chi connectivity index (χ1) is 12.0. The number of carbonyl (C=O) groups excluding carboxylic acids is 1. The lowest BCUT2D eigenvalue weighted by molar-refractivity contribution is 0.0374. The monoisotopic (exact) mass is 402 g/mol. The maximum absolute atomic E-state index is 12.9. The lowest BCUT2D eigenvalue weighted by Gasteiger charge is -2.50. The molecular formula is C19H19BrN2O3. The number of benzene rings is 2. The summed E-state index contributed by atoms with van der Waals surface area (Å²) in [6.45, 7) is 4.41. The quantitative estimate of drug-likeness (QED) is 0.814. The van der Waals surface area contributed by atoms with Gasteiger partial charge in [0, 0.05) is 16.5 Å². The van der Waals surface area contributed by atoms with Crippen molar-refractivity contribution in [1.82, 2.24) is 5.32 Å². The van der Waals surface area contributed by atoms with Gasteiger partial charge in [0.2, 0.25) is 0 Å². The molecule has 2 unspecified atom stereocenters. The van der Waals surface area contributed by atoms with E-state index in [1.807, 2.05) is 56.3 Å². The predicted molar refractivity (Wildman–Crippen MR) is 99.2 cm³/mol. The highest BCUT2D eigenvalue weighted by Gasteiger charge is 2.50. The fraction of sp³-hybridized carbons (Fsp3) is 0.316. The van der Waals surface area contributed by atoms with Crippen molar-refractivity contribution in [2.24, 2.45) is 0 Å². The number of para-hydroxylation sites is 2. The lowest BCUT2D eigenvalue weighted by atomic mass is 9.90. The van der Waals surface area contributed by atoms with Crippen LogP contribution in [0.1, 0.15) is 31.9 Å². The molecule has 2 heterocycles. The number of rotatable bonds is 3. The molecule has 2 aliphatic rings. The second-order valence-electron chi connectivity index (χ2n) is 6.40. The zero-order chi connectivity index (χ0) is 17.6. The van der Waals surface area contributed by atoms with Crippen LogP contribution in [-0.2, 0) is 0 Å². The van der Waals surface area contributed by atoms with Gasteiger partial charge in [0.05, 0.1) is 18.3 Å². The van der Waals surface area contributed by atoms with E-state index in [0.717, 1.165) is 15.8 Å². The highest BCUT2D eigenvalue weighted by Crippen LogP contribution is 2.47. The first kappa shape index (κ1) is 16.3. The van der Waals surface area contributed by atoms with E-state index in [1.165, 1.54) is 0 Å². The molecule has 2 bridgehead atoms. The van der Waals surface area contributed by atoms with E-state index in [2.05, 4.69) is 21.2 Å². The Labute approximate surface area is 155 Å². The number of hydrogen-bond acceptors (Lipinski definition) is 3. The zero-order valence-electron chi connectivity index (χ0n) is 14.1. The molecule has 2 aromatic carbocycles.